The molecule has 3 nitrogen and oxygen atoms in total. The fourth-order valence-corrected chi connectivity index (χ4v) is 3.74. The Hall–Kier alpha value is -0.120. The van der Waals surface area contributed by atoms with Gasteiger partial charge in [0.2, 0.25) is 0 Å². The largest absolute Gasteiger partial charge is 0.394 e. The van der Waals surface area contributed by atoms with Gasteiger partial charge in [0.15, 0.2) is 0 Å². The van der Waals surface area contributed by atoms with Gasteiger partial charge >= 0.3 is 0 Å². The van der Waals surface area contributed by atoms with E-state index < -0.39 is 0 Å². The number of unbranched alkanes of at least 4 members (excludes halogenated alkanes) is 1. The van der Waals surface area contributed by atoms with Crippen molar-refractivity contribution < 1.29 is 5.11 Å². The standard InChI is InChI=1S/C18H36N2O/c1-3-17-9-5-4-7-13-20(17)14-8-6-12-18(2,15-21)19-16-10-11-16/h16-17,19,21H,3-15H2,1-2H3. The first kappa shape index (κ1) is 17.2. The highest BCUT2D eigenvalue weighted by Crippen LogP contribution is 2.25. The number of aliphatic hydroxyl groups excluding tert-OH is 1. The SMILES string of the molecule is CCC1CCCCCN1CCCCC(C)(CO)NC1CC1. The molecule has 0 radical (unpaired) electrons. The highest BCUT2D eigenvalue weighted by molar-refractivity contribution is 4.92. The second-order valence-electron chi connectivity index (χ2n) is 7.54. The van der Waals surface area contributed by atoms with E-state index in [4.69, 9.17) is 0 Å². The molecular formula is C18H36N2O. The third-order valence-electron chi connectivity index (χ3n) is 5.37. The van der Waals surface area contributed by atoms with Crippen LogP contribution >= 0.6 is 0 Å². The van der Waals surface area contributed by atoms with Crippen molar-refractivity contribution in [2.75, 3.05) is 19.7 Å². The fraction of sp³-hybridized carbons (Fsp3) is 1.00. The van der Waals surface area contributed by atoms with Crippen LogP contribution in [0.5, 0.6) is 0 Å². The molecule has 21 heavy (non-hydrogen) atoms. The Balaban J connectivity index is 1.67. The van der Waals surface area contributed by atoms with Gasteiger partial charge in [-0.3, -0.25) is 0 Å². The summed E-state index contributed by atoms with van der Waals surface area (Å²) in [5, 5.41) is 13.3. The van der Waals surface area contributed by atoms with Crippen LogP contribution in [-0.2, 0) is 0 Å². The number of nitrogens with zero attached hydrogens (tertiary/aromatic N) is 1. The summed E-state index contributed by atoms with van der Waals surface area (Å²) in [6.07, 6.45) is 13.1. The van der Waals surface area contributed by atoms with Crippen LogP contribution in [0, 0.1) is 0 Å². The number of likely N-dealkylation sites (tertiary alicyclic amines) is 1. The predicted octanol–water partition coefficient (Wildman–Crippen LogP) is 3.31. The van der Waals surface area contributed by atoms with Gasteiger partial charge in [-0.2, -0.15) is 0 Å². The van der Waals surface area contributed by atoms with Crippen molar-refractivity contribution in [3.8, 4) is 0 Å². The van der Waals surface area contributed by atoms with Crippen molar-refractivity contribution in [2.24, 2.45) is 0 Å². The van der Waals surface area contributed by atoms with Crippen LogP contribution in [0.2, 0.25) is 0 Å². The molecule has 0 aromatic rings. The molecular weight excluding hydrogens is 260 g/mol. The average Bonchev–Trinajstić information content (AvgIpc) is 3.30. The predicted molar refractivity (Wildman–Crippen MR) is 89.6 cm³/mol. The van der Waals surface area contributed by atoms with E-state index in [-0.39, 0.29) is 12.1 Å². The minimum Gasteiger partial charge on any atom is -0.394 e. The average molecular weight is 296 g/mol. The molecule has 124 valence electrons. The molecule has 2 fully saturated rings. The Morgan fingerprint density at radius 3 is 2.62 bits per heavy atom. The van der Waals surface area contributed by atoms with Crippen molar-refractivity contribution >= 4 is 0 Å². The van der Waals surface area contributed by atoms with Crippen molar-refractivity contribution in [2.45, 2.75) is 95.7 Å². The van der Waals surface area contributed by atoms with Gasteiger partial charge in [-0.05, 0) is 65.0 Å². The molecule has 1 aliphatic heterocycles. The molecule has 2 rings (SSSR count). The number of nitrogens with one attached hydrogen (secondary N) is 1. The van der Waals surface area contributed by atoms with Crippen LogP contribution in [0.3, 0.4) is 0 Å². The van der Waals surface area contributed by atoms with Gasteiger partial charge in [-0.25, -0.2) is 0 Å². The maximum absolute atomic E-state index is 9.65. The Morgan fingerprint density at radius 1 is 1.14 bits per heavy atom. The van der Waals surface area contributed by atoms with Crippen LogP contribution in [0.4, 0.5) is 0 Å². The normalized spacial score (nSPS) is 27.3. The molecule has 0 bridgehead atoms. The molecule has 2 N–H and O–H groups in total. The summed E-state index contributed by atoms with van der Waals surface area (Å²) in [5.41, 5.74) is -0.0515. The van der Waals surface area contributed by atoms with Crippen LogP contribution in [0.15, 0.2) is 0 Å². The Labute approximate surface area is 131 Å². The lowest BCUT2D eigenvalue weighted by Gasteiger charge is -2.31. The van der Waals surface area contributed by atoms with Crippen LogP contribution in [0.1, 0.15) is 78.1 Å². The zero-order chi connectivity index (χ0) is 15.1. The maximum atomic E-state index is 9.65. The molecule has 0 spiro atoms. The van der Waals surface area contributed by atoms with E-state index in [2.05, 4.69) is 24.1 Å². The second kappa shape index (κ2) is 8.50. The highest BCUT2D eigenvalue weighted by Gasteiger charge is 2.31. The van der Waals surface area contributed by atoms with E-state index in [1.807, 2.05) is 0 Å². The lowest BCUT2D eigenvalue weighted by atomic mass is 9.95. The van der Waals surface area contributed by atoms with Gasteiger partial charge in [0, 0.05) is 17.6 Å². The minimum absolute atomic E-state index is 0.0515. The van der Waals surface area contributed by atoms with Gasteiger partial charge < -0.3 is 15.3 Å². The van der Waals surface area contributed by atoms with E-state index in [1.54, 1.807) is 0 Å². The van der Waals surface area contributed by atoms with E-state index in [0.29, 0.717) is 6.04 Å². The molecule has 1 aliphatic carbocycles. The van der Waals surface area contributed by atoms with Crippen LogP contribution in [0.25, 0.3) is 0 Å². The topological polar surface area (TPSA) is 35.5 Å². The lowest BCUT2D eigenvalue weighted by Crippen LogP contribution is -2.47. The quantitative estimate of drug-likeness (QED) is 0.641. The summed E-state index contributed by atoms with van der Waals surface area (Å²) < 4.78 is 0. The molecule has 1 saturated heterocycles. The molecule has 0 aromatic carbocycles. The number of rotatable bonds is 9. The van der Waals surface area contributed by atoms with Crippen molar-refractivity contribution in [1.29, 1.82) is 0 Å². The number of hydrogen-bond acceptors (Lipinski definition) is 3. The summed E-state index contributed by atoms with van der Waals surface area (Å²) in [6, 6.07) is 1.50. The van der Waals surface area contributed by atoms with Crippen molar-refractivity contribution in [3.63, 3.8) is 0 Å². The summed E-state index contributed by atoms with van der Waals surface area (Å²) in [5.74, 6) is 0. The zero-order valence-corrected chi connectivity index (χ0v) is 14.2. The summed E-state index contributed by atoms with van der Waals surface area (Å²) >= 11 is 0. The van der Waals surface area contributed by atoms with Gasteiger partial charge in [-0.15, -0.1) is 0 Å². The first-order chi connectivity index (χ1) is 10.2. The summed E-state index contributed by atoms with van der Waals surface area (Å²) in [6.45, 7) is 7.35. The molecule has 2 atom stereocenters. The lowest BCUT2D eigenvalue weighted by molar-refractivity contribution is 0.154. The third kappa shape index (κ3) is 5.88. The van der Waals surface area contributed by atoms with Gasteiger partial charge in [-0.1, -0.05) is 26.2 Å². The van der Waals surface area contributed by atoms with Gasteiger partial charge in [0.1, 0.15) is 0 Å². The van der Waals surface area contributed by atoms with E-state index in [0.717, 1.165) is 12.5 Å². The molecule has 2 unspecified atom stereocenters. The van der Waals surface area contributed by atoms with E-state index in [9.17, 15) is 5.11 Å². The first-order valence-electron chi connectivity index (χ1n) is 9.29. The second-order valence-corrected chi connectivity index (χ2v) is 7.54. The first-order valence-corrected chi connectivity index (χ1v) is 9.29. The van der Waals surface area contributed by atoms with Crippen molar-refractivity contribution in [1.82, 2.24) is 10.2 Å². The third-order valence-corrected chi connectivity index (χ3v) is 5.37. The Kier molecular flexibility index (Phi) is 6.97. The molecule has 1 saturated carbocycles. The van der Waals surface area contributed by atoms with Crippen molar-refractivity contribution in [3.05, 3.63) is 0 Å². The molecule has 3 heteroatoms. The zero-order valence-electron chi connectivity index (χ0n) is 14.2. The Bertz CT molecular complexity index is 293. The molecule has 1 heterocycles. The van der Waals surface area contributed by atoms with Gasteiger partial charge in [0.05, 0.1) is 6.61 Å². The summed E-state index contributed by atoms with van der Waals surface area (Å²) in [7, 11) is 0. The van der Waals surface area contributed by atoms with Crippen LogP contribution < -0.4 is 5.32 Å². The fourth-order valence-electron chi connectivity index (χ4n) is 3.74. The van der Waals surface area contributed by atoms with Gasteiger partial charge in [0.25, 0.3) is 0 Å². The smallest absolute Gasteiger partial charge is 0.0610 e. The van der Waals surface area contributed by atoms with Crippen LogP contribution in [-0.4, -0.2) is 47.3 Å². The number of aliphatic hydroxyl groups is 1. The molecule has 2 aliphatic rings. The van der Waals surface area contributed by atoms with E-state index in [1.165, 1.54) is 70.9 Å². The summed E-state index contributed by atoms with van der Waals surface area (Å²) in [4.78, 5) is 2.73. The monoisotopic (exact) mass is 296 g/mol. The highest BCUT2D eigenvalue weighted by atomic mass is 16.3. The number of hydrogen-bond donors (Lipinski definition) is 2. The van der Waals surface area contributed by atoms with E-state index >= 15 is 0 Å². The maximum Gasteiger partial charge on any atom is 0.0610 e. The minimum atomic E-state index is -0.0515. The Morgan fingerprint density at radius 2 is 1.95 bits per heavy atom. The molecule has 0 amide bonds. The molecule has 0 aromatic heterocycles.